The van der Waals surface area contributed by atoms with Crippen molar-refractivity contribution in [1.82, 2.24) is 0 Å². The lowest BCUT2D eigenvalue weighted by Crippen LogP contribution is -2.42. The second kappa shape index (κ2) is 9.59. The number of ether oxygens (including phenoxy) is 1. The summed E-state index contributed by atoms with van der Waals surface area (Å²) in [5.41, 5.74) is 1.73. The van der Waals surface area contributed by atoms with E-state index in [2.05, 4.69) is 60.8 Å². The van der Waals surface area contributed by atoms with Crippen molar-refractivity contribution in [3.05, 3.63) is 29.8 Å². The Balaban J connectivity index is 2.44. The van der Waals surface area contributed by atoms with Gasteiger partial charge in [0.05, 0.1) is 39.5 Å². The van der Waals surface area contributed by atoms with Gasteiger partial charge in [0, 0.05) is 12.8 Å². The van der Waals surface area contributed by atoms with Crippen LogP contribution in [0.5, 0.6) is 5.75 Å². The molecule has 1 rings (SSSR count). The topological polar surface area (TPSA) is 63.6 Å². The van der Waals surface area contributed by atoms with Gasteiger partial charge >= 0.3 is 0 Å². The molecule has 0 aliphatic carbocycles. The molecule has 0 unspecified atom stereocenters. The van der Waals surface area contributed by atoms with Gasteiger partial charge in [-0.05, 0) is 34.9 Å². The lowest BCUT2D eigenvalue weighted by Gasteiger charge is -2.33. The van der Waals surface area contributed by atoms with E-state index in [0.717, 1.165) is 25.1 Å². The number of hydrogen-bond donors (Lipinski definition) is 1. The predicted octanol–water partition coefficient (Wildman–Crippen LogP) is 4.52. The van der Waals surface area contributed by atoms with E-state index in [4.69, 9.17) is 9.29 Å². The summed E-state index contributed by atoms with van der Waals surface area (Å²) in [6.07, 6.45) is 2.46. The van der Waals surface area contributed by atoms with Gasteiger partial charge in [-0.1, -0.05) is 46.8 Å². The Kier molecular flexibility index (Phi) is 8.54. The smallest absolute Gasteiger partial charge is 0.265 e. The second-order valence-corrected chi connectivity index (χ2v) is 11.9. The first kappa shape index (κ1) is 24.9. The minimum absolute atomic E-state index is 0.125. The van der Waals surface area contributed by atoms with Crippen LogP contribution in [0.25, 0.3) is 0 Å². The zero-order valence-electron chi connectivity index (χ0n) is 18.8. The van der Waals surface area contributed by atoms with Crippen molar-refractivity contribution in [1.29, 1.82) is 0 Å². The molecule has 0 spiro atoms. The van der Waals surface area contributed by atoms with Crippen molar-refractivity contribution < 1.29 is 22.2 Å². The van der Waals surface area contributed by atoms with E-state index < -0.39 is 10.1 Å². The molecule has 0 fully saturated rings. The molecule has 1 aromatic carbocycles. The summed E-state index contributed by atoms with van der Waals surface area (Å²) in [6.45, 7) is 13.6. The molecule has 162 valence electrons. The van der Waals surface area contributed by atoms with Gasteiger partial charge in [-0.3, -0.25) is 4.55 Å². The summed E-state index contributed by atoms with van der Waals surface area (Å²) in [4.78, 5) is 0. The number of benzene rings is 1. The Labute approximate surface area is 172 Å². The van der Waals surface area contributed by atoms with Crippen LogP contribution in [-0.2, 0) is 15.5 Å². The Bertz CT molecular complexity index is 701. The summed E-state index contributed by atoms with van der Waals surface area (Å²) in [7, 11) is 0.264. The molecule has 0 bridgehead atoms. The van der Waals surface area contributed by atoms with Gasteiger partial charge in [0.25, 0.3) is 10.1 Å². The maximum Gasteiger partial charge on any atom is 0.265 e. The average molecular weight is 415 g/mol. The second-order valence-electron chi connectivity index (χ2n) is 10.4. The third kappa shape index (κ3) is 10.4. The van der Waals surface area contributed by atoms with Crippen molar-refractivity contribution in [3.63, 3.8) is 0 Å². The zero-order valence-corrected chi connectivity index (χ0v) is 19.6. The van der Waals surface area contributed by atoms with E-state index in [0.29, 0.717) is 24.1 Å². The van der Waals surface area contributed by atoms with Gasteiger partial charge < -0.3 is 9.22 Å². The van der Waals surface area contributed by atoms with E-state index in [1.165, 1.54) is 5.56 Å². The monoisotopic (exact) mass is 414 g/mol. The highest BCUT2D eigenvalue weighted by molar-refractivity contribution is 7.85. The lowest BCUT2D eigenvalue weighted by molar-refractivity contribution is -0.890. The highest BCUT2D eigenvalue weighted by Gasteiger charge is 2.27. The third-order valence-corrected chi connectivity index (χ3v) is 5.75. The fourth-order valence-electron chi connectivity index (χ4n) is 3.90. The molecular formula is C22H40NO4S+. The van der Waals surface area contributed by atoms with Gasteiger partial charge in [-0.25, -0.2) is 0 Å². The number of quaternary nitrogens is 1. The Hall–Kier alpha value is -1.11. The quantitative estimate of drug-likeness (QED) is 0.328. The van der Waals surface area contributed by atoms with Gasteiger partial charge in [-0.2, -0.15) is 8.42 Å². The van der Waals surface area contributed by atoms with Crippen molar-refractivity contribution in [2.24, 2.45) is 5.41 Å². The standard InChI is InChI=1S/C22H39NO4S/c1-21(2,3)18-22(4,5)19-10-12-20(13-11-19)27-16-8-14-23(6,7)15-9-17-28(24,25)26/h10-13H,8-9,14-18H2,1-7H3/p+1. The number of hydrogen-bond acceptors (Lipinski definition) is 3. The number of nitrogens with zero attached hydrogens (tertiary/aromatic N) is 1. The maximum absolute atomic E-state index is 10.8. The van der Waals surface area contributed by atoms with Gasteiger partial charge in [0.1, 0.15) is 5.75 Å². The molecule has 28 heavy (non-hydrogen) atoms. The van der Waals surface area contributed by atoms with E-state index in [1.807, 2.05) is 12.1 Å². The van der Waals surface area contributed by atoms with E-state index in [-0.39, 0.29) is 16.6 Å². The molecule has 0 radical (unpaired) electrons. The Morgan fingerprint density at radius 2 is 1.50 bits per heavy atom. The van der Waals surface area contributed by atoms with E-state index in [1.54, 1.807) is 0 Å². The Morgan fingerprint density at radius 3 is 2.00 bits per heavy atom. The summed E-state index contributed by atoms with van der Waals surface area (Å²) >= 11 is 0. The minimum atomic E-state index is -3.87. The lowest BCUT2D eigenvalue weighted by atomic mass is 9.72. The molecule has 0 atom stereocenters. The fraction of sp³-hybridized carbons (Fsp3) is 0.727. The van der Waals surface area contributed by atoms with Crippen LogP contribution >= 0.6 is 0 Å². The molecule has 5 nitrogen and oxygen atoms in total. The van der Waals surface area contributed by atoms with Crippen LogP contribution in [0.15, 0.2) is 24.3 Å². The summed E-state index contributed by atoms with van der Waals surface area (Å²) in [5.74, 6) is 0.704. The molecule has 0 amide bonds. The van der Waals surface area contributed by atoms with Gasteiger partial charge in [0.15, 0.2) is 0 Å². The summed E-state index contributed by atoms with van der Waals surface area (Å²) in [6, 6.07) is 8.42. The highest BCUT2D eigenvalue weighted by atomic mass is 32.2. The third-order valence-electron chi connectivity index (χ3n) is 4.95. The normalized spacial score (nSPS) is 13.6. The number of rotatable bonds is 11. The van der Waals surface area contributed by atoms with Crippen LogP contribution in [0.2, 0.25) is 0 Å². The van der Waals surface area contributed by atoms with Crippen LogP contribution in [0.3, 0.4) is 0 Å². The maximum atomic E-state index is 10.8. The fourth-order valence-corrected chi connectivity index (χ4v) is 4.39. The molecule has 1 N–H and O–H groups in total. The average Bonchev–Trinajstić information content (AvgIpc) is 2.48. The first-order valence-electron chi connectivity index (χ1n) is 10.1. The molecular weight excluding hydrogens is 374 g/mol. The van der Waals surface area contributed by atoms with Gasteiger partial charge in [0.2, 0.25) is 0 Å². The SMILES string of the molecule is CC(C)(C)CC(C)(C)c1ccc(OCCC[N+](C)(C)CCCS(=O)(=O)O)cc1. The van der Waals surface area contributed by atoms with Crippen LogP contribution in [-0.4, -0.2) is 57.0 Å². The van der Waals surface area contributed by atoms with Crippen LogP contribution in [0.1, 0.15) is 59.4 Å². The summed E-state index contributed by atoms with van der Waals surface area (Å²) < 4.78 is 37.0. The van der Waals surface area contributed by atoms with Gasteiger partial charge in [-0.15, -0.1) is 0 Å². The highest BCUT2D eigenvalue weighted by Crippen LogP contribution is 2.36. The molecule has 0 heterocycles. The molecule has 0 aliphatic rings. The molecule has 6 heteroatoms. The van der Waals surface area contributed by atoms with Crippen LogP contribution < -0.4 is 4.74 Å². The largest absolute Gasteiger partial charge is 0.493 e. The molecule has 0 saturated heterocycles. The van der Waals surface area contributed by atoms with Crippen molar-refractivity contribution in [2.75, 3.05) is 39.5 Å². The Morgan fingerprint density at radius 1 is 0.964 bits per heavy atom. The van der Waals surface area contributed by atoms with E-state index >= 15 is 0 Å². The predicted molar refractivity (Wildman–Crippen MR) is 117 cm³/mol. The van der Waals surface area contributed by atoms with Crippen molar-refractivity contribution in [3.8, 4) is 5.75 Å². The molecule has 0 aromatic heterocycles. The molecule has 0 saturated carbocycles. The zero-order chi connectivity index (χ0) is 21.6. The van der Waals surface area contributed by atoms with Crippen molar-refractivity contribution in [2.45, 2.75) is 59.3 Å². The molecule has 1 aromatic rings. The molecule has 0 aliphatic heterocycles. The minimum Gasteiger partial charge on any atom is -0.493 e. The first-order valence-corrected chi connectivity index (χ1v) is 11.7. The van der Waals surface area contributed by atoms with E-state index in [9.17, 15) is 8.42 Å². The summed E-state index contributed by atoms with van der Waals surface area (Å²) in [5, 5.41) is 0. The van der Waals surface area contributed by atoms with Crippen LogP contribution in [0, 0.1) is 5.41 Å². The first-order chi connectivity index (χ1) is 12.6. The van der Waals surface area contributed by atoms with Crippen molar-refractivity contribution >= 4 is 10.1 Å². The van der Waals surface area contributed by atoms with Crippen LogP contribution in [0.4, 0.5) is 0 Å².